The molecule has 11 nitrogen and oxygen atoms in total. The van der Waals surface area contributed by atoms with E-state index in [0.29, 0.717) is 47.5 Å². The molecule has 3 aromatic rings. The van der Waals surface area contributed by atoms with E-state index in [9.17, 15) is 19.2 Å². The van der Waals surface area contributed by atoms with Gasteiger partial charge in [-0.15, -0.1) is 0 Å². The molecule has 5 rings (SSSR count). The third-order valence-corrected chi connectivity index (χ3v) is 7.61. The molecule has 2 bridgehead atoms. The van der Waals surface area contributed by atoms with Crippen LogP contribution in [0.4, 0.5) is 31.0 Å². The zero-order valence-electron chi connectivity index (χ0n) is 23.2. The number of pyridine rings is 1. The van der Waals surface area contributed by atoms with Crippen LogP contribution in [-0.4, -0.2) is 54.1 Å². The van der Waals surface area contributed by atoms with Crippen LogP contribution in [0.25, 0.3) is 11.3 Å². The SMILES string of the molecule is COC(=O)Nc1ccc2c(c1)NC(=O)CCCC[C@@H](C(=O)N1CCOC(=O)Nc3ccc(Cl)c(F)c3C1)c1ccnc-2c1. The van der Waals surface area contributed by atoms with Gasteiger partial charge in [-0.3, -0.25) is 25.2 Å². The summed E-state index contributed by atoms with van der Waals surface area (Å²) in [6, 6.07) is 11.3. The van der Waals surface area contributed by atoms with Crippen molar-refractivity contribution in [1.82, 2.24) is 9.88 Å². The Morgan fingerprint density at radius 3 is 2.77 bits per heavy atom. The predicted molar refractivity (Wildman–Crippen MR) is 157 cm³/mol. The first-order chi connectivity index (χ1) is 20.7. The van der Waals surface area contributed by atoms with Crippen LogP contribution in [0.5, 0.6) is 0 Å². The van der Waals surface area contributed by atoms with E-state index in [0.717, 1.165) is 0 Å². The van der Waals surface area contributed by atoms with Gasteiger partial charge in [-0.2, -0.15) is 0 Å². The highest BCUT2D eigenvalue weighted by atomic mass is 35.5. The van der Waals surface area contributed by atoms with Crippen molar-refractivity contribution in [2.24, 2.45) is 0 Å². The van der Waals surface area contributed by atoms with Crippen molar-refractivity contribution in [3.05, 3.63) is 70.6 Å². The van der Waals surface area contributed by atoms with Crippen molar-refractivity contribution >= 4 is 52.7 Å². The number of cyclic esters (lactones) is 1. The minimum Gasteiger partial charge on any atom is -0.453 e. The molecule has 2 aliphatic heterocycles. The number of carbonyl (C=O) groups excluding carboxylic acids is 4. The molecule has 0 spiro atoms. The van der Waals surface area contributed by atoms with Gasteiger partial charge in [-0.25, -0.2) is 14.0 Å². The van der Waals surface area contributed by atoms with E-state index in [-0.39, 0.29) is 54.2 Å². The number of hydrogen-bond donors (Lipinski definition) is 3. The monoisotopic (exact) mass is 609 g/mol. The second-order valence-corrected chi connectivity index (χ2v) is 10.5. The van der Waals surface area contributed by atoms with Gasteiger partial charge in [0.25, 0.3) is 0 Å². The van der Waals surface area contributed by atoms with E-state index in [4.69, 9.17) is 16.3 Å². The molecule has 43 heavy (non-hydrogen) atoms. The lowest BCUT2D eigenvalue weighted by Gasteiger charge is -2.28. The summed E-state index contributed by atoms with van der Waals surface area (Å²) in [4.78, 5) is 56.9. The molecule has 0 aliphatic carbocycles. The third-order valence-electron chi connectivity index (χ3n) is 7.32. The van der Waals surface area contributed by atoms with Crippen LogP contribution in [-0.2, 0) is 25.6 Å². The minimum absolute atomic E-state index is 0.0350. The van der Waals surface area contributed by atoms with Crippen LogP contribution in [0.15, 0.2) is 48.7 Å². The Hall–Kier alpha value is -4.71. The fourth-order valence-corrected chi connectivity index (χ4v) is 5.32. The fourth-order valence-electron chi connectivity index (χ4n) is 5.15. The molecule has 224 valence electrons. The van der Waals surface area contributed by atoms with Crippen molar-refractivity contribution in [3.8, 4) is 11.3 Å². The highest BCUT2D eigenvalue weighted by Crippen LogP contribution is 2.35. The standard InChI is InChI=1S/C30H29ClFN5O6/c1-42-29(40)34-18-6-7-20-24-14-17(10-11-33-24)19(4-2-3-5-26(38)35-25(20)15-18)28(39)37-12-13-43-30(41)36-23-9-8-22(31)27(32)21(23)16-37/h6-11,14-15,19H,2-5,12-13,16H2,1H3,(H,34,40)(H,35,38)(H,36,41)/t19-/m1/s1. The first-order valence-electron chi connectivity index (χ1n) is 13.7. The quantitative estimate of drug-likeness (QED) is 0.328. The Bertz CT molecular complexity index is 1580. The van der Waals surface area contributed by atoms with Gasteiger partial charge in [0.05, 0.1) is 48.2 Å². The second-order valence-electron chi connectivity index (χ2n) is 10.1. The van der Waals surface area contributed by atoms with Gasteiger partial charge < -0.3 is 19.7 Å². The maximum Gasteiger partial charge on any atom is 0.411 e. The van der Waals surface area contributed by atoms with Crippen LogP contribution in [0, 0.1) is 5.82 Å². The zero-order chi connectivity index (χ0) is 30.5. The molecule has 1 atom stereocenters. The zero-order valence-corrected chi connectivity index (χ0v) is 24.0. The van der Waals surface area contributed by atoms with Gasteiger partial charge in [0.2, 0.25) is 11.8 Å². The molecule has 0 fully saturated rings. The molecule has 13 heteroatoms. The molecule has 4 amide bonds. The van der Waals surface area contributed by atoms with Crippen molar-refractivity contribution in [2.75, 3.05) is 36.2 Å². The number of ether oxygens (including phenoxy) is 2. The van der Waals surface area contributed by atoms with Crippen LogP contribution in [0.3, 0.4) is 0 Å². The normalized spacial score (nSPS) is 17.1. The van der Waals surface area contributed by atoms with E-state index < -0.39 is 23.9 Å². The molecular formula is C30H29ClFN5O6. The summed E-state index contributed by atoms with van der Waals surface area (Å²) < 4.78 is 25.1. The molecule has 0 saturated carbocycles. The molecule has 0 saturated heterocycles. The maximum absolute atomic E-state index is 15.2. The number of halogens is 2. The number of amides is 4. The summed E-state index contributed by atoms with van der Waals surface area (Å²) >= 11 is 6.05. The molecule has 2 aromatic carbocycles. The predicted octanol–water partition coefficient (Wildman–Crippen LogP) is 5.91. The Labute approximate surface area is 251 Å². The van der Waals surface area contributed by atoms with Gasteiger partial charge in [-0.1, -0.05) is 18.0 Å². The summed E-state index contributed by atoms with van der Waals surface area (Å²) in [5, 5.41) is 7.88. The van der Waals surface area contributed by atoms with Crippen molar-refractivity contribution in [3.63, 3.8) is 0 Å². The minimum atomic E-state index is -0.760. The molecule has 0 radical (unpaired) electrons. The molecule has 3 N–H and O–H groups in total. The topological polar surface area (TPSA) is 139 Å². The van der Waals surface area contributed by atoms with Crippen LogP contribution in [0.1, 0.15) is 42.7 Å². The number of fused-ring (bicyclic) bond motifs is 5. The summed E-state index contributed by atoms with van der Waals surface area (Å²) in [6.07, 6.45) is 1.86. The molecule has 2 aliphatic rings. The second kappa shape index (κ2) is 13.1. The van der Waals surface area contributed by atoms with Crippen molar-refractivity contribution in [2.45, 2.75) is 38.1 Å². The number of aromatic nitrogens is 1. The average molecular weight is 610 g/mol. The third kappa shape index (κ3) is 6.86. The largest absolute Gasteiger partial charge is 0.453 e. The molecule has 1 aromatic heterocycles. The summed E-state index contributed by atoms with van der Waals surface area (Å²) in [7, 11) is 1.25. The summed E-state index contributed by atoms with van der Waals surface area (Å²) in [6.45, 7) is -0.197. The number of carbonyl (C=O) groups is 4. The van der Waals surface area contributed by atoms with Crippen molar-refractivity contribution < 1.29 is 33.0 Å². The number of nitrogens with zero attached hydrogens (tertiary/aromatic N) is 2. The number of rotatable bonds is 2. The van der Waals surface area contributed by atoms with Crippen LogP contribution >= 0.6 is 11.6 Å². The van der Waals surface area contributed by atoms with Gasteiger partial charge in [-0.05, 0) is 60.9 Å². The Kier molecular flexibility index (Phi) is 9.05. The Morgan fingerprint density at radius 1 is 1.12 bits per heavy atom. The summed E-state index contributed by atoms with van der Waals surface area (Å²) in [5.41, 5.74) is 2.87. The number of methoxy groups -OCH3 is 1. The van der Waals surface area contributed by atoms with Gasteiger partial charge in [0, 0.05) is 29.4 Å². The smallest absolute Gasteiger partial charge is 0.411 e. The average Bonchev–Trinajstić information content (AvgIpc) is 3.07. The highest BCUT2D eigenvalue weighted by molar-refractivity contribution is 6.31. The maximum atomic E-state index is 15.2. The van der Waals surface area contributed by atoms with E-state index in [1.807, 2.05) is 0 Å². The van der Waals surface area contributed by atoms with Crippen LogP contribution in [0.2, 0.25) is 5.02 Å². The van der Waals surface area contributed by atoms with Crippen molar-refractivity contribution in [1.29, 1.82) is 0 Å². The fraction of sp³-hybridized carbons (Fsp3) is 0.300. The van der Waals surface area contributed by atoms with Crippen LogP contribution < -0.4 is 16.0 Å². The van der Waals surface area contributed by atoms with E-state index in [1.165, 1.54) is 24.1 Å². The Balaban J connectivity index is 1.52. The molecule has 0 unspecified atom stereocenters. The van der Waals surface area contributed by atoms with Gasteiger partial charge in [0.15, 0.2) is 0 Å². The first-order valence-corrected chi connectivity index (χ1v) is 14.1. The Morgan fingerprint density at radius 2 is 1.95 bits per heavy atom. The van der Waals surface area contributed by atoms with E-state index in [2.05, 4.69) is 25.7 Å². The van der Waals surface area contributed by atoms with Gasteiger partial charge in [0.1, 0.15) is 12.4 Å². The lowest BCUT2D eigenvalue weighted by atomic mass is 9.90. The molecule has 3 heterocycles. The summed E-state index contributed by atoms with van der Waals surface area (Å²) in [5.74, 6) is -1.90. The number of hydrogen-bond acceptors (Lipinski definition) is 7. The first kappa shape index (κ1) is 29.8. The number of nitrogens with one attached hydrogen (secondary N) is 3. The lowest BCUT2D eigenvalue weighted by Crippen LogP contribution is -2.37. The van der Waals surface area contributed by atoms with E-state index >= 15 is 4.39 Å². The van der Waals surface area contributed by atoms with E-state index in [1.54, 1.807) is 36.5 Å². The molecular weight excluding hydrogens is 581 g/mol. The van der Waals surface area contributed by atoms with Gasteiger partial charge >= 0.3 is 12.2 Å². The number of anilines is 3. The lowest BCUT2D eigenvalue weighted by molar-refractivity contribution is -0.134. The number of benzene rings is 2. The highest BCUT2D eigenvalue weighted by Gasteiger charge is 2.30.